The molecule has 10 heteroatoms. The van der Waals surface area contributed by atoms with Crippen molar-refractivity contribution in [3.8, 4) is 0 Å². The minimum atomic E-state index is 0. The maximum Gasteiger partial charge on any atom is 3.00 e. The molecule has 0 radical (unpaired) electrons. The third kappa shape index (κ3) is 516. The second-order valence-electron chi connectivity index (χ2n) is 0. The maximum absolute atomic E-state index is 0. The van der Waals surface area contributed by atoms with Gasteiger partial charge in [0.1, 0.15) is 0 Å². The Morgan fingerprint density at radius 1 is 0.500 bits per heavy atom. The van der Waals surface area contributed by atoms with Crippen molar-refractivity contribution in [3.63, 3.8) is 0 Å². The van der Waals surface area contributed by atoms with Crippen molar-refractivity contribution < 1.29 is 51.8 Å². The predicted octanol–water partition coefficient (Wildman–Crippen LogP) is -14.8. The molecule has 1 atom stereocenters. The van der Waals surface area contributed by atoms with Gasteiger partial charge >= 0.3 is 36.2 Å². The number of rotatable bonds is 0. The third-order valence-corrected chi connectivity index (χ3v) is 0. The molecule has 0 aliphatic heterocycles. The van der Waals surface area contributed by atoms with E-state index in [-0.39, 0.29) is 79.1 Å². The molecular formula is H6AlF7LiP. The van der Waals surface area contributed by atoms with Gasteiger partial charge in [-0.15, -0.1) is 0 Å². The van der Waals surface area contributed by atoms with Crippen LogP contribution in [0.1, 0.15) is 0 Å². The Balaban J connectivity index is 0. The fraction of sp³-hybridized carbons (Fsp3) is 0. The maximum atomic E-state index is 0. The summed E-state index contributed by atoms with van der Waals surface area (Å²) in [4.78, 5) is 0. The Labute approximate surface area is 79.4 Å². The van der Waals surface area contributed by atoms with Crippen LogP contribution >= 0.6 is 9.90 Å². The second kappa shape index (κ2) is 724. The number of hydrogen-bond donors (Lipinski definition) is 0. The molecule has 1 unspecified atom stereocenters. The molecule has 0 amide bonds. The molecule has 10 heavy (non-hydrogen) atoms. The van der Waals surface area contributed by atoms with Gasteiger partial charge in [-0.3, -0.25) is 14.1 Å². The van der Waals surface area contributed by atoms with Crippen LogP contribution in [0.2, 0.25) is 0 Å². The minimum absolute atomic E-state index is 0. The molecule has 0 aliphatic rings. The molecule has 0 nitrogen and oxygen atoms in total. The Hall–Kier alpha value is 1.07. The molecule has 64 valence electrons. The zero-order valence-electron chi connectivity index (χ0n) is 5.02. The van der Waals surface area contributed by atoms with Gasteiger partial charge in [0.05, 0.1) is 0 Å². The van der Waals surface area contributed by atoms with Crippen molar-refractivity contribution in [1.29, 1.82) is 0 Å². The average molecular weight is 204 g/mol. The Morgan fingerprint density at radius 2 is 0.500 bits per heavy atom. The molecule has 0 aliphatic carbocycles. The van der Waals surface area contributed by atoms with E-state index in [0.29, 0.717) is 0 Å². The third-order valence-electron chi connectivity index (χ3n) is 0. The summed E-state index contributed by atoms with van der Waals surface area (Å²) in [6, 6.07) is 0. The van der Waals surface area contributed by atoms with Crippen LogP contribution in [0.4, 0.5) is 14.1 Å². The van der Waals surface area contributed by atoms with Crippen molar-refractivity contribution in [1.82, 2.24) is 0 Å². The molecule has 0 bridgehead atoms. The molecular weight excluding hydrogens is 198 g/mol. The van der Waals surface area contributed by atoms with Gasteiger partial charge in [-0.25, -0.2) is 0 Å². The van der Waals surface area contributed by atoms with Crippen molar-refractivity contribution >= 4 is 27.3 Å². The topological polar surface area (TPSA) is 0 Å². The monoisotopic (exact) mass is 204 g/mol. The standard InChI is InChI=1S/Al.7FH.Li.H3P/h;7*1H;;1H3/q+3;;;;;;;;+1;/p-4. The summed E-state index contributed by atoms with van der Waals surface area (Å²) in [5.74, 6) is 0. The van der Waals surface area contributed by atoms with Gasteiger partial charge < -0.3 is 18.8 Å². The van der Waals surface area contributed by atoms with E-state index in [1.54, 1.807) is 0 Å². The summed E-state index contributed by atoms with van der Waals surface area (Å²) in [6.07, 6.45) is 0. The van der Waals surface area contributed by atoms with Gasteiger partial charge in [0.15, 0.2) is 0 Å². The summed E-state index contributed by atoms with van der Waals surface area (Å²) < 4.78 is 0. The summed E-state index contributed by atoms with van der Waals surface area (Å²) in [7, 11) is 0. The molecule has 0 saturated carbocycles. The molecule has 0 aromatic rings. The van der Waals surface area contributed by atoms with Gasteiger partial charge in [-0.05, 0) is 0 Å². The van der Waals surface area contributed by atoms with Crippen molar-refractivity contribution in [2.24, 2.45) is 0 Å². The first-order valence-electron chi connectivity index (χ1n) is 0. The van der Waals surface area contributed by atoms with E-state index in [4.69, 9.17) is 0 Å². The van der Waals surface area contributed by atoms with Crippen LogP contribution in [-0.2, 0) is 0 Å². The fourth-order valence-corrected chi connectivity index (χ4v) is 0. The zero-order chi connectivity index (χ0) is 0. The largest absolute Gasteiger partial charge is 3.00 e. The van der Waals surface area contributed by atoms with Gasteiger partial charge in [-0.2, -0.15) is 9.90 Å². The Morgan fingerprint density at radius 3 is 0.500 bits per heavy atom. The van der Waals surface area contributed by atoms with Crippen LogP contribution in [0.25, 0.3) is 0 Å². The van der Waals surface area contributed by atoms with Crippen LogP contribution in [0, 0.1) is 0 Å². The second-order valence-corrected chi connectivity index (χ2v) is 0. The van der Waals surface area contributed by atoms with E-state index in [1.807, 2.05) is 0 Å². The van der Waals surface area contributed by atoms with Gasteiger partial charge in [0, 0.05) is 0 Å². The molecule has 0 fully saturated rings. The normalized spacial score (nSPS) is 0. The van der Waals surface area contributed by atoms with Crippen molar-refractivity contribution in [2.45, 2.75) is 0 Å². The van der Waals surface area contributed by atoms with Crippen LogP contribution in [-0.4, -0.2) is 17.4 Å². The smallest absolute Gasteiger partial charge is 1.00 e. The van der Waals surface area contributed by atoms with E-state index in [9.17, 15) is 0 Å². The molecule has 0 aromatic carbocycles. The average Bonchev–Trinajstić information content (AvgIpc) is 0. The van der Waals surface area contributed by atoms with Gasteiger partial charge in [0.25, 0.3) is 0 Å². The van der Waals surface area contributed by atoms with E-state index in [2.05, 4.69) is 0 Å². The molecule has 0 aromatic heterocycles. The molecule has 0 N–H and O–H groups in total. The fourth-order valence-electron chi connectivity index (χ4n) is 0. The minimum Gasteiger partial charge on any atom is -1.00 e. The summed E-state index contributed by atoms with van der Waals surface area (Å²) in [6.45, 7) is 0. The quantitative estimate of drug-likeness (QED) is 0.209. The molecule has 0 saturated heterocycles. The van der Waals surface area contributed by atoms with Crippen LogP contribution in [0.3, 0.4) is 0 Å². The molecule has 0 rings (SSSR count). The molecule has 0 heterocycles. The van der Waals surface area contributed by atoms with Gasteiger partial charge in [0.2, 0.25) is 0 Å². The summed E-state index contributed by atoms with van der Waals surface area (Å²) >= 11 is 0. The van der Waals surface area contributed by atoms with Crippen LogP contribution in [0.5, 0.6) is 0 Å². The van der Waals surface area contributed by atoms with E-state index in [1.165, 1.54) is 0 Å². The van der Waals surface area contributed by atoms with Crippen LogP contribution < -0.4 is 37.7 Å². The van der Waals surface area contributed by atoms with Crippen LogP contribution in [0.15, 0.2) is 0 Å². The number of halogens is 7. The first-order valence-corrected chi connectivity index (χ1v) is 0. The van der Waals surface area contributed by atoms with Crippen molar-refractivity contribution in [2.75, 3.05) is 0 Å². The van der Waals surface area contributed by atoms with E-state index >= 15 is 0 Å². The van der Waals surface area contributed by atoms with E-state index in [0.717, 1.165) is 0 Å². The predicted molar refractivity (Wildman–Crippen MR) is 24.4 cm³/mol. The number of hydrogen-bond acceptors (Lipinski definition) is 0. The Kier molecular flexibility index (Phi) is 71000. The molecule has 0 spiro atoms. The van der Waals surface area contributed by atoms with E-state index < -0.39 is 0 Å². The zero-order valence-corrected chi connectivity index (χ0v) is 7.59. The first kappa shape index (κ1) is 981. The van der Waals surface area contributed by atoms with Crippen molar-refractivity contribution in [3.05, 3.63) is 0 Å². The Bertz CT molecular complexity index is 13.6. The van der Waals surface area contributed by atoms with Gasteiger partial charge in [-0.1, -0.05) is 0 Å². The SMILES string of the molecule is F.F.F.P.[Al+3].[F-].[F-].[F-].[F-].[Li+]. The summed E-state index contributed by atoms with van der Waals surface area (Å²) in [5, 5.41) is 0. The first-order chi connectivity index (χ1) is 0. The summed E-state index contributed by atoms with van der Waals surface area (Å²) in [5.41, 5.74) is 0.